The van der Waals surface area contributed by atoms with Crippen molar-refractivity contribution in [1.29, 1.82) is 0 Å². The lowest BCUT2D eigenvalue weighted by Gasteiger charge is -2.32. The standard InChI is InChI=1S/C16H24N2O3S/c1-13-6-8-14(9-7-13)11-17(2)16(19)15-5-4-10-18(12-15)22(3,20)21/h6-9,15H,4-5,10-12H2,1-3H3/t15-/m1/s1. The molecule has 1 aliphatic heterocycles. The van der Waals surface area contributed by atoms with E-state index in [0.29, 0.717) is 19.6 Å². The minimum Gasteiger partial charge on any atom is -0.341 e. The molecule has 1 fully saturated rings. The van der Waals surface area contributed by atoms with Crippen LogP contribution in [-0.4, -0.2) is 49.9 Å². The van der Waals surface area contributed by atoms with Gasteiger partial charge in [-0.05, 0) is 25.3 Å². The van der Waals surface area contributed by atoms with Crippen molar-refractivity contribution in [3.05, 3.63) is 35.4 Å². The molecular weight excluding hydrogens is 300 g/mol. The molecule has 1 aromatic rings. The summed E-state index contributed by atoms with van der Waals surface area (Å²) in [4.78, 5) is 14.2. The zero-order valence-electron chi connectivity index (χ0n) is 13.4. The zero-order valence-corrected chi connectivity index (χ0v) is 14.3. The number of amides is 1. The Labute approximate surface area is 133 Å². The van der Waals surface area contributed by atoms with Crippen molar-refractivity contribution in [3.63, 3.8) is 0 Å². The number of nitrogens with zero attached hydrogens (tertiary/aromatic N) is 2. The van der Waals surface area contributed by atoms with E-state index in [1.165, 1.54) is 16.1 Å². The molecule has 1 atom stereocenters. The van der Waals surface area contributed by atoms with Gasteiger partial charge in [-0.1, -0.05) is 29.8 Å². The molecule has 1 saturated heterocycles. The average molecular weight is 324 g/mol. The largest absolute Gasteiger partial charge is 0.341 e. The van der Waals surface area contributed by atoms with Gasteiger partial charge in [0.05, 0.1) is 12.2 Å². The molecule has 2 rings (SSSR count). The Balaban J connectivity index is 1.99. The summed E-state index contributed by atoms with van der Waals surface area (Å²) >= 11 is 0. The summed E-state index contributed by atoms with van der Waals surface area (Å²) in [5.74, 6) is -0.215. The smallest absolute Gasteiger partial charge is 0.227 e. The van der Waals surface area contributed by atoms with Crippen molar-refractivity contribution in [2.24, 2.45) is 5.92 Å². The summed E-state index contributed by atoms with van der Waals surface area (Å²) in [6.07, 6.45) is 2.70. The topological polar surface area (TPSA) is 57.7 Å². The molecule has 6 heteroatoms. The van der Waals surface area contributed by atoms with Crippen molar-refractivity contribution >= 4 is 15.9 Å². The lowest BCUT2D eigenvalue weighted by Crippen LogP contribution is -2.45. The first-order valence-electron chi connectivity index (χ1n) is 7.53. The molecule has 22 heavy (non-hydrogen) atoms. The monoisotopic (exact) mass is 324 g/mol. The normalized spacial score (nSPS) is 19.9. The molecule has 0 spiro atoms. The summed E-state index contributed by atoms with van der Waals surface area (Å²) in [6, 6.07) is 8.09. The van der Waals surface area contributed by atoms with Crippen molar-refractivity contribution < 1.29 is 13.2 Å². The van der Waals surface area contributed by atoms with Gasteiger partial charge in [0.15, 0.2) is 0 Å². The number of hydrogen-bond donors (Lipinski definition) is 0. The molecule has 1 aromatic carbocycles. The molecule has 0 N–H and O–H groups in total. The van der Waals surface area contributed by atoms with Gasteiger partial charge in [0, 0.05) is 26.7 Å². The van der Waals surface area contributed by atoms with E-state index in [1.54, 1.807) is 11.9 Å². The minimum atomic E-state index is -3.22. The second-order valence-electron chi connectivity index (χ2n) is 6.14. The number of carbonyl (C=O) groups is 1. The number of rotatable bonds is 4. The fraction of sp³-hybridized carbons (Fsp3) is 0.562. The Morgan fingerprint density at radius 2 is 1.95 bits per heavy atom. The van der Waals surface area contributed by atoms with Crippen LogP contribution in [0.25, 0.3) is 0 Å². The van der Waals surface area contributed by atoms with Crippen LogP contribution in [0.2, 0.25) is 0 Å². The summed E-state index contributed by atoms with van der Waals surface area (Å²) in [7, 11) is -1.44. The quantitative estimate of drug-likeness (QED) is 0.846. The predicted molar refractivity (Wildman–Crippen MR) is 86.8 cm³/mol. The molecule has 0 radical (unpaired) electrons. The van der Waals surface area contributed by atoms with Crippen molar-refractivity contribution in [2.75, 3.05) is 26.4 Å². The first-order valence-corrected chi connectivity index (χ1v) is 9.38. The predicted octanol–water partition coefficient (Wildman–Crippen LogP) is 1.63. The Kier molecular flexibility index (Phi) is 5.24. The Morgan fingerprint density at radius 1 is 1.32 bits per heavy atom. The number of carbonyl (C=O) groups excluding carboxylic acids is 1. The molecule has 1 amide bonds. The number of piperidine rings is 1. The van der Waals surface area contributed by atoms with Gasteiger partial charge in [0.25, 0.3) is 0 Å². The molecular formula is C16H24N2O3S. The third-order valence-corrected chi connectivity index (χ3v) is 5.39. The van der Waals surface area contributed by atoms with Crippen LogP contribution in [0, 0.1) is 12.8 Å². The summed E-state index contributed by atoms with van der Waals surface area (Å²) in [5, 5.41) is 0. The maximum absolute atomic E-state index is 12.5. The fourth-order valence-electron chi connectivity index (χ4n) is 2.80. The van der Waals surface area contributed by atoms with Gasteiger partial charge in [-0.15, -0.1) is 0 Å². The first kappa shape index (κ1) is 17.0. The van der Waals surface area contributed by atoms with Crippen LogP contribution in [0.15, 0.2) is 24.3 Å². The maximum Gasteiger partial charge on any atom is 0.227 e. The van der Waals surface area contributed by atoms with E-state index in [-0.39, 0.29) is 11.8 Å². The van der Waals surface area contributed by atoms with Crippen LogP contribution in [0.4, 0.5) is 0 Å². The van der Waals surface area contributed by atoms with E-state index < -0.39 is 10.0 Å². The second-order valence-corrected chi connectivity index (χ2v) is 8.12. The number of sulfonamides is 1. The van der Waals surface area contributed by atoms with Crippen LogP contribution in [0.1, 0.15) is 24.0 Å². The van der Waals surface area contributed by atoms with E-state index in [9.17, 15) is 13.2 Å². The highest BCUT2D eigenvalue weighted by Gasteiger charge is 2.31. The van der Waals surface area contributed by atoms with Crippen LogP contribution in [0.5, 0.6) is 0 Å². The highest BCUT2D eigenvalue weighted by atomic mass is 32.2. The third kappa shape index (κ3) is 4.30. The summed E-state index contributed by atoms with van der Waals surface area (Å²) < 4.78 is 24.7. The second kappa shape index (κ2) is 6.79. The molecule has 0 bridgehead atoms. The van der Waals surface area contributed by atoms with Crippen LogP contribution in [-0.2, 0) is 21.4 Å². The van der Waals surface area contributed by atoms with Gasteiger partial charge >= 0.3 is 0 Å². The van der Waals surface area contributed by atoms with Gasteiger partial charge in [-0.3, -0.25) is 4.79 Å². The lowest BCUT2D eigenvalue weighted by atomic mass is 9.98. The van der Waals surface area contributed by atoms with Crippen LogP contribution in [0.3, 0.4) is 0 Å². The zero-order chi connectivity index (χ0) is 16.3. The maximum atomic E-state index is 12.5. The number of hydrogen-bond acceptors (Lipinski definition) is 3. The Bertz CT molecular complexity index is 625. The molecule has 1 aliphatic rings. The van der Waals surface area contributed by atoms with E-state index in [4.69, 9.17) is 0 Å². The SMILES string of the molecule is Cc1ccc(CN(C)C(=O)[C@@H]2CCCN(S(C)(=O)=O)C2)cc1. The van der Waals surface area contributed by atoms with Crippen molar-refractivity contribution in [1.82, 2.24) is 9.21 Å². The van der Waals surface area contributed by atoms with Gasteiger partial charge in [0.1, 0.15) is 0 Å². The van der Waals surface area contributed by atoms with Crippen molar-refractivity contribution in [3.8, 4) is 0 Å². The molecule has 0 saturated carbocycles. The molecule has 0 aromatic heterocycles. The summed E-state index contributed by atoms with van der Waals surface area (Å²) in [5.41, 5.74) is 2.27. The third-order valence-electron chi connectivity index (χ3n) is 4.12. The van der Waals surface area contributed by atoms with Crippen molar-refractivity contribution in [2.45, 2.75) is 26.3 Å². The molecule has 0 aliphatic carbocycles. The van der Waals surface area contributed by atoms with E-state index in [1.807, 2.05) is 31.2 Å². The highest BCUT2D eigenvalue weighted by Crippen LogP contribution is 2.21. The van der Waals surface area contributed by atoms with Gasteiger partial charge in [0.2, 0.25) is 15.9 Å². The van der Waals surface area contributed by atoms with Gasteiger partial charge < -0.3 is 4.90 Å². The molecule has 0 unspecified atom stereocenters. The van der Waals surface area contributed by atoms with Crippen LogP contribution >= 0.6 is 0 Å². The first-order chi connectivity index (χ1) is 10.3. The molecule has 122 valence electrons. The lowest BCUT2D eigenvalue weighted by molar-refractivity contribution is -0.135. The Hall–Kier alpha value is -1.40. The molecule has 5 nitrogen and oxygen atoms in total. The Morgan fingerprint density at radius 3 is 2.55 bits per heavy atom. The average Bonchev–Trinajstić information content (AvgIpc) is 2.48. The van der Waals surface area contributed by atoms with E-state index in [0.717, 1.165) is 18.4 Å². The van der Waals surface area contributed by atoms with E-state index >= 15 is 0 Å². The number of benzene rings is 1. The number of aryl methyl sites for hydroxylation is 1. The van der Waals surface area contributed by atoms with Gasteiger partial charge in [-0.25, -0.2) is 12.7 Å². The van der Waals surface area contributed by atoms with Crippen LogP contribution < -0.4 is 0 Å². The highest BCUT2D eigenvalue weighted by molar-refractivity contribution is 7.88. The fourth-order valence-corrected chi connectivity index (χ4v) is 3.71. The van der Waals surface area contributed by atoms with Gasteiger partial charge in [-0.2, -0.15) is 0 Å². The minimum absolute atomic E-state index is 0.0222. The van der Waals surface area contributed by atoms with E-state index in [2.05, 4.69) is 0 Å². The molecule has 1 heterocycles. The summed E-state index contributed by atoms with van der Waals surface area (Å²) in [6.45, 7) is 3.40.